The lowest BCUT2D eigenvalue weighted by Gasteiger charge is -2.16. The second-order valence-electron chi connectivity index (χ2n) is 3.12. The number of carbonyl (C=O) groups excluding carboxylic acids is 1. The molecular weight excluding hydrogens is 214 g/mol. The fourth-order valence-corrected chi connectivity index (χ4v) is 1.97. The average Bonchev–Trinajstić information content (AvgIpc) is 2.69. The molecule has 0 saturated heterocycles. The van der Waals surface area contributed by atoms with Crippen LogP contribution in [-0.2, 0) is 9.53 Å². The molecule has 4 nitrogen and oxygen atoms in total. The Hall–Kier alpha value is -0.910. The van der Waals surface area contributed by atoms with E-state index in [9.17, 15) is 9.90 Å². The third-order valence-corrected chi connectivity index (χ3v) is 2.94. The lowest BCUT2D eigenvalue weighted by molar-refractivity contribution is -0.145. The first kappa shape index (κ1) is 12.2. The summed E-state index contributed by atoms with van der Waals surface area (Å²) < 4.78 is 4.73. The monoisotopic (exact) mass is 229 g/mol. The number of carbonyl (C=O) groups is 1. The highest BCUT2D eigenvalue weighted by atomic mass is 32.1. The summed E-state index contributed by atoms with van der Waals surface area (Å²) in [5.41, 5.74) is 5.78. The van der Waals surface area contributed by atoms with Crippen molar-refractivity contribution in [2.75, 3.05) is 6.61 Å². The maximum atomic E-state index is 11.1. The van der Waals surface area contributed by atoms with Crippen LogP contribution in [-0.4, -0.2) is 23.8 Å². The summed E-state index contributed by atoms with van der Waals surface area (Å²) >= 11 is 1.46. The Morgan fingerprint density at radius 2 is 2.47 bits per heavy atom. The third-order valence-electron chi connectivity index (χ3n) is 1.97. The van der Waals surface area contributed by atoms with Crippen molar-refractivity contribution in [3.8, 4) is 0 Å². The normalized spacial score (nSPS) is 14.6. The third kappa shape index (κ3) is 3.62. The predicted octanol–water partition coefficient (Wildman–Crippen LogP) is 1.06. The standard InChI is InChI=1S/C10H15NO3S/c1-2-14-9(13)6-7(12)10(11)8-4-3-5-15-8/h3-5,7,10,12H,2,6,11H2,1H3. The van der Waals surface area contributed by atoms with E-state index >= 15 is 0 Å². The van der Waals surface area contributed by atoms with E-state index < -0.39 is 18.1 Å². The molecule has 1 aromatic heterocycles. The molecule has 2 unspecified atom stereocenters. The molecule has 0 bridgehead atoms. The molecule has 5 heteroatoms. The van der Waals surface area contributed by atoms with Crippen molar-refractivity contribution in [3.63, 3.8) is 0 Å². The van der Waals surface area contributed by atoms with Crippen LogP contribution in [0.15, 0.2) is 17.5 Å². The number of nitrogens with two attached hydrogens (primary N) is 1. The minimum Gasteiger partial charge on any atom is -0.466 e. The lowest BCUT2D eigenvalue weighted by Crippen LogP contribution is -2.28. The zero-order chi connectivity index (χ0) is 11.3. The van der Waals surface area contributed by atoms with Gasteiger partial charge in [0.2, 0.25) is 0 Å². The van der Waals surface area contributed by atoms with Gasteiger partial charge in [-0.05, 0) is 18.4 Å². The summed E-state index contributed by atoms with van der Waals surface area (Å²) in [6, 6.07) is 3.18. The summed E-state index contributed by atoms with van der Waals surface area (Å²) in [5.74, 6) is -0.419. The fraction of sp³-hybridized carbons (Fsp3) is 0.500. The van der Waals surface area contributed by atoms with E-state index in [-0.39, 0.29) is 6.42 Å². The smallest absolute Gasteiger partial charge is 0.308 e. The van der Waals surface area contributed by atoms with Crippen LogP contribution in [0.4, 0.5) is 0 Å². The van der Waals surface area contributed by atoms with Gasteiger partial charge in [-0.25, -0.2) is 0 Å². The van der Waals surface area contributed by atoms with Gasteiger partial charge in [0.1, 0.15) is 0 Å². The molecule has 0 radical (unpaired) electrons. The second kappa shape index (κ2) is 5.85. The largest absolute Gasteiger partial charge is 0.466 e. The maximum Gasteiger partial charge on any atom is 0.308 e. The van der Waals surface area contributed by atoms with Gasteiger partial charge in [-0.15, -0.1) is 11.3 Å². The van der Waals surface area contributed by atoms with Gasteiger partial charge < -0.3 is 15.6 Å². The maximum absolute atomic E-state index is 11.1. The van der Waals surface area contributed by atoms with Crippen molar-refractivity contribution in [2.45, 2.75) is 25.5 Å². The van der Waals surface area contributed by atoms with Crippen molar-refractivity contribution in [1.29, 1.82) is 0 Å². The number of aliphatic hydroxyl groups excluding tert-OH is 1. The van der Waals surface area contributed by atoms with E-state index in [1.807, 2.05) is 17.5 Å². The number of hydrogen-bond acceptors (Lipinski definition) is 5. The molecule has 0 aromatic carbocycles. The Morgan fingerprint density at radius 1 is 1.73 bits per heavy atom. The molecular formula is C10H15NO3S. The van der Waals surface area contributed by atoms with Crippen LogP contribution in [0.2, 0.25) is 0 Å². The van der Waals surface area contributed by atoms with E-state index in [1.165, 1.54) is 11.3 Å². The van der Waals surface area contributed by atoms with Crippen LogP contribution < -0.4 is 5.73 Å². The molecule has 0 amide bonds. The molecule has 0 saturated carbocycles. The van der Waals surface area contributed by atoms with Crippen LogP contribution >= 0.6 is 11.3 Å². The number of aliphatic hydroxyl groups is 1. The Morgan fingerprint density at radius 3 is 3.00 bits per heavy atom. The Labute approximate surface area is 92.7 Å². The summed E-state index contributed by atoms with van der Waals surface area (Å²) in [5, 5.41) is 11.5. The van der Waals surface area contributed by atoms with Gasteiger partial charge in [-0.2, -0.15) is 0 Å². The molecule has 0 aliphatic heterocycles. The van der Waals surface area contributed by atoms with Gasteiger partial charge in [0, 0.05) is 4.88 Å². The average molecular weight is 229 g/mol. The molecule has 0 fully saturated rings. The molecule has 15 heavy (non-hydrogen) atoms. The summed E-state index contributed by atoms with van der Waals surface area (Å²) in [6.07, 6.45) is -0.949. The van der Waals surface area contributed by atoms with Gasteiger partial charge in [-0.3, -0.25) is 4.79 Å². The van der Waals surface area contributed by atoms with E-state index in [4.69, 9.17) is 10.5 Å². The van der Waals surface area contributed by atoms with Crippen molar-refractivity contribution in [2.24, 2.45) is 5.73 Å². The molecule has 1 rings (SSSR count). The zero-order valence-corrected chi connectivity index (χ0v) is 9.37. The fourth-order valence-electron chi connectivity index (χ4n) is 1.19. The first-order valence-electron chi connectivity index (χ1n) is 4.77. The lowest BCUT2D eigenvalue weighted by atomic mass is 10.1. The predicted molar refractivity (Wildman–Crippen MR) is 58.5 cm³/mol. The highest BCUT2D eigenvalue weighted by molar-refractivity contribution is 7.10. The quantitative estimate of drug-likeness (QED) is 0.741. The van der Waals surface area contributed by atoms with Crippen LogP contribution in [0.1, 0.15) is 24.3 Å². The van der Waals surface area contributed by atoms with Gasteiger partial charge in [0.05, 0.1) is 25.2 Å². The number of thiophene rings is 1. The van der Waals surface area contributed by atoms with E-state index in [0.717, 1.165) is 4.88 Å². The molecule has 0 spiro atoms. The topological polar surface area (TPSA) is 72.5 Å². The van der Waals surface area contributed by atoms with Crippen molar-refractivity contribution in [3.05, 3.63) is 22.4 Å². The van der Waals surface area contributed by atoms with Crippen LogP contribution in [0.3, 0.4) is 0 Å². The van der Waals surface area contributed by atoms with E-state index in [1.54, 1.807) is 6.92 Å². The zero-order valence-electron chi connectivity index (χ0n) is 8.55. The van der Waals surface area contributed by atoms with Gasteiger partial charge in [0.15, 0.2) is 0 Å². The molecule has 0 aliphatic rings. The van der Waals surface area contributed by atoms with Gasteiger partial charge in [-0.1, -0.05) is 6.07 Å². The number of ether oxygens (including phenoxy) is 1. The molecule has 3 N–H and O–H groups in total. The minimum atomic E-state index is -0.886. The van der Waals surface area contributed by atoms with Crippen LogP contribution in [0, 0.1) is 0 Å². The second-order valence-corrected chi connectivity index (χ2v) is 4.10. The van der Waals surface area contributed by atoms with Gasteiger partial charge >= 0.3 is 5.97 Å². The highest BCUT2D eigenvalue weighted by Crippen LogP contribution is 2.21. The van der Waals surface area contributed by atoms with E-state index in [0.29, 0.717) is 6.61 Å². The molecule has 1 aromatic rings. The van der Waals surface area contributed by atoms with Crippen molar-refractivity contribution >= 4 is 17.3 Å². The minimum absolute atomic E-state index is 0.0626. The van der Waals surface area contributed by atoms with E-state index in [2.05, 4.69) is 0 Å². The first-order chi connectivity index (χ1) is 7.15. The highest BCUT2D eigenvalue weighted by Gasteiger charge is 2.21. The van der Waals surface area contributed by atoms with Crippen LogP contribution in [0.25, 0.3) is 0 Å². The van der Waals surface area contributed by atoms with Crippen molar-refractivity contribution in [1.82, 2.24) is 0 Å². The summed E-state index contributed by atoms with van der Waals surface area (Å²) in [6.45, 7) is 2.04. The van der Waals surface area contributed by atoms with Gasteiger partial charge in [0.25, 0.3) is 0 Å². The Balaban J connectivity index is 2.46. The Bertz CT molecular complexity index is 300. The molecule has 84 valence electrons. The molecule has 0 aliphatic carbocycles. The first-order valence-corrected chi connectivity index (χ1v) is 5.65. The number of rotatable bonds is 5. The number of hydrogen-bond donors (Lipinski definition) is 2. The SMILES string of the molecule is CCOC(=O)CC(O)C(N)c1cccs1. The Kier molecular flexibility index (Phi) is 4.74. The van der Waals surface area contributed by atoms with Crippen LogP contribution in [0.5, 0.6) is 0 Å². The molecule has 1 heterocycles. The summed E-state index contributed by atoms with van der Waals surface area (Å²) in [4.78, 5) is 12.0. The molecule has 2 atom stereocenters. The summed E-state index contributed by atoms with van der Waals surface area (Å²) in [7, 11) is 0. The number of esters is 1. The van der Waals surface area contributed by atoms with Crippen molar-refractivity contribution < 1.29 is 14.6 Å².